The van der Waals surface area contributed by atoms with Crippen molar-refractivity contribution in [1.29, 1.82) is 0 Å². The number of carbonyl (C=O) groups is 1. The molecule has 2 aromatic heterocycles. The van der Waals surface area contributed by atoms with Gasteiger partial charge in [-0.25, -0.2) is 9.97 Å². The Labute approximate surface area is 131 Å². The van der Waals surface area contributed by atoms with Gasteiger partial charge in [-0.1, -0.05) is 0 Å². The van der Waals surface area contributed by atoms with Crippen LogP contribution >= 0.6 is 22.7 Å². The number of rotatable bonds is 5. The molecular weight excluding hydrogens is 306 g/mol. The van der Waals surface area contributed by atoms with E-state index >= 15 is 0 Å². The van der Waals surface area contributed by atoms with E-state index in [9.17, 15) is 9.90 Å². The molecule has 0 aliphatic heterocycles. The predicted octanol–water partition coefficient (Wildman–Crippen LogP) is 3.07. The Kier molecular flexibility index (Phi) is 4.21. The number of carboxylic acids is 1. The molecule has 0 fully saturated rings. The van der Waals surface area contributed by atoms with Gasteiger partial charge in [-0.15, -0.1) is 22.7 Å². The maximum absolute atomic E-state index is 11.3. The van der Waals surface area contributed by atoms with E-state index in [1.165, 1.54) is 0 Å². The number of nitrogens with zero attached hydrogens (tertiary/aromatic N) is 2. The Bertz CT molecular complexity index is 650. The summed E-state index contributed by atoms with van der Waals surface area (Å²) in [5.41, 5.74) is 1.83. The number of fused-ring (bicyclic) bond motifs is 1. The Morgan fingerprint density at radius 2 is 2.38 bits per heavy atom. The molecule has 0 aromatic carbocycles. The molecule has 1 atom stereocenters. The van der Waals surface area contributed by atoms with Crippen LogP contribution in [-0.2, 0) is 17.6 Å². The van der Waals surface area contributed by atoms with Crippen LogP contribution in [0, 0.1) is 6.92 Å². The Morgan fingerprint density at radius 3 is 3.10 bits per heavy atom. The standard InChI is InChI=1S/C14H17N3O2S2/c1-8-7-20-11(16-8)5-6-15-14-17-12-9(13(18)19)3-2-4-10(12)21-14/h7,9H,2-6H2,1H3,(H,15,17)(H,18,19). The maximum Gasteiger partial charge on any atom is 0.312 e. The summed E-state index contributed by atoms with van der Waals surface area (Å²) < 4.78 is 0. The van der Waals surface area contributed by atoms with Gasteiger partial charge in [-0.05, 0) is 26.2 Å². The summed E-state index contributed by atoms with van der Waals surface area (Å²) in [6.07, 6.45) is 3.45. The summed E-state index contributed by atoms with van der Waals surface area (Å²) in [6, 6.07) is 0. The molecule has 2 N–H and O–H groups in total. The number of anilines is 1. The molecule has 0 radical (unpaired) electrons. The van der Waals surface area contributed by atoms with Gasteiger partial charge in [0.15, 0.2) is 5.13 Å². The maximum atomic E-state index is 11.3. The van der Waals surface area contributed by atoms with Crippen molar-refractivity contribution >= 4 is 33.8 Å². The molecule has 5 nitrogen and oxygen atoms in total. The summed E-state index contributed by atoms with van der Waals surface area (Å²) in [4.78, 5) is 21.3. The highest BCUT2D eigenvalue weighted by Gasteiger charge is 2.29. The van der Waals surface area contributed by atoms with Crippen LogP contribution in [0.25, 0.3) is 0 Å². The average Bonchev–Trinajstić information content (AvgIpc) is 3.04. The van der Waals surface area contributed by atoms with Gasteiger partial charge in [0.2, 0.25) is 0 Å². The second-order valence-corrected chi connectivity index (χ2v) is 7.20. The second-order valence-electron chi connectivity index (χ2n) is 5.17. The van der Waals surface area contributed by atoms with Crippen LogP contribution in [0.1, 0.15) is 40.0 Å². The summed E-state index contributed by atoms with van der Waals surface area (Å²) >= 11 is 3.26. The number of thiazole rings is 2. The molecule has 0 saturated heterocycles. The average molecular weight is 323 g/mol. The topological polar surface area (TPSA) is 75.1 Å². The number of aliphatic carboxylic acids is 1. The van der Waals surface area contributed by atoms with E-state index in [0.29, 0.717) is 6.42 Å². The third kappa shape index (κ3) is 3.24. The normalized spacial score (nSPS) is 17.5. The van der Waals surface area contributed by atoms with Crippen molar-refractivity contribution in [3.05, 3.63) is 26.7 Å². The molecule has 2 heterocycles. The lowest BCUT2D eigenvalue weighted by molar-refractivity contribution is -0.139. The summed E-state index contributed by atoms with van der Waals surface area (Å²) in [5.74, 6) is -1.19. The van der Waals surface area contributed by atoms with Crippen LogP contribution in [0.15, 0.2) is 5.38 Å². The number of hydrogen-bond donors (Lipinski definition) is 2. The SMILES string of the molecule is Cc1csc(CCNc2nc3c(s2)CCCC3C(=O)O)n1. The van der Waals surface area contributed by atoms with Crippen LogP contribution in [0.5, 0.6) is 0 Å². The molecule has 1 aliphatic rings. The van der Waals surface area contributed by atoms with Crippen LogP contribution in [0.4, 0.5) is 5.13 Å². The Balaban J connectivity index is 1.63. The Hall–Kier alpha value is -1.47. The van der Waals surface area contributed by atoms with Crippen LogP contribution in [0.3, 0.4) is 0 Å². The molecule has 0 spiro atoms. The van der Waals surface area contributed by atoms with Gasteiger partial charge in [0, 0.05) is 28.9 Å². The van der Waals surface area contributed by atoms with Gasteiger partial charge in [0.25, 0.3) is 0 Å². The van der Waals surface area contributed by atoms with Crippen molar-refractivity contribution in [3.8, 4) is 0 Å². The van der Waals surface area contributed by atoms with Gasteiger partial charge in [0.05, 0.1) is 10.7 Å². The highest BCUT2D eigenvalue weighted by atomic mass is 32.1. The minimum absolute atomic E-state index is 0.429. The highest BCUT2D eigenvalue weighted by Crippen LogP contribution is 2.36. The molecule has 21 heavy (non-hydrogen) atoms. The van der Waals surface area contributed by atoms with Crippen LogP contribution < -0.4 is 5.32 Å². The first-order valence-corrected chi connectivity index (χ1v) is 8.70. The van der Waals surface area contributed by atoms with E-state index in [1.54, 1.807) is 22.7 Å². The van der Waals surface area contributed by atoms with E-state index in [2.05, 4.69) is 20.7 Å². The summed E-state index contributed by atoms with van der Waals surface area (Å²) in [7, 11) is 0. The van der Waals surface area contributed by atoms with Crippen LogP contribution in [-0.4, -0.2) is 27.6 Å². The smallest absolute Gasteiger partial charge is 0.312 e. The zero-order valence-electron chi connectivity index (χ0n) is 11.8. The summed E-state index contributed by atoms with van der Waals surface area (Å²) in [6.45, 7) is 2.77. The molecule has 1 aliphatic carbocycles. The van der Waals surface area contributed by atoms with Gasteiger partial charge in [-0.3, -0.25) is 4.79 Å². The first-order valence-electron chi connectivity index (χ1n) is 7.01. The van der Waals surface area contributed by atoms with Gasteiger partial charge in [0.1, 0.15) is 5.92 Å². The minimum atomic E-state index is -0.758. The molecule has 0 saturated carbocycles. The van der Waals surface area contributed by atoms with E-state index in [4.69, 9.17) is 0 Å². The van der Waals surface area contributed by atoms with E-state index in [0.717, 1.165) is 52.2 Å². The second kappa shape index (κ2) is 6.11. The Morgan fingerprint density at radius 1 is 1.52 bits per heavy atom. The van der Waals surface area contributed by atoms with E-state index in [-0.39, 0.29) is 0 Å². The van der Waals surface area contributed by atoms with Gasteiger partial charge < -0.3 is 10.4 Å². The highest BCUT2D eigenvalue weighted by molar-refractivity contribution is 7.15. The summed E-state index contributed by atoms with van der Waals surface area (Å²) in [5, 5.41) is 16.6. The van der Waals surface area contributed by atoms with Crippen molar-refractivity contribution in [1.82, 2.24) is 9.97 Å². The van der Waals surface area contributed by atoms with Crippen molar-refractivity contribution in [2.45, 2.75) is 38.5 Å². The fraction of sp³-hybridized carbons (Fsp3) is 0.500. The number of hydrogen-bond acceptors (Lipinski definition) is 6. The molecular formula is C14H17N3O2S2. The lowest BCUT2D eigenvalue weighted by Crippen LogP contribution is -2.17. The molecule has 112 valence electrons. The first-order chi connectivity index (χ1) is 10.1. The largest absolute Gasteiger partial charge is 0.481 e. The van der Waals surface area contributed by atoms with Gasteiger partial charge in [-0.2, -0.15) is 0 Å². The van der Waals surface area contributed by atoms with E-state index in [1.807, 2.05) is 6.92 Å². The fourth-order valence-corrected chi connectivity index (χ4v) is 4.39. The minimum Gasteiger partial charge on any atom is -0.481 e. The third-order valence-corrected chi connectivity index (χ3v) is 5.65. The van der Waals surface area contributed by atoms with E-state index < -0.39 is 11.9 Å². The molecule has 3 rings (SSSR count). The van der Waals surface area contributed by atoms with Gasteiger partial charge >= 0.3 is 5.97 Å². The third-order valence-electron chi connectivity index (χ3n) is 3.53. The van der Waals surface area contributed by atoms with Crippen LogP contribution in [0.2, 0.25) is 0 Å². The predicted molar refractivity (Wildman–Crippen MR) is 84.5 cm³/mol. The molecule has 7 heteroatoms. The monoisotopic (exact) mass is 323 g/mol. The van der Waals surface area contributed by atoms with Crippen molar-refractivity contribution in [2.75, 3.05) is 11.9 Å². The molecule has 0 amide bonds. The van der Waals surface area contributed by atoms with Crippen molar-refractivity contribution in [2.24, 2.45) is 0 Å². The zero-order chi connectivity index (χ0) is 14.8. The number of aromatic nitrogens is 2. The molecule has 0 bridgehead atoms. The first kappa shape index (κ1) is 14.5. The van der Waals surface area contributed by atoms with Crippen molar-refractivity contribution in [3.63, 3.8) is 0 Å². The molecule has 1 unspecified atom stereocenters. The number of nitrogens with one attached hydrogen (secondary N) is 1. The zero-order valence-corrected chi connectivity index (χ0v) is 13.4. The number of aryl methyl sites for hydroxylation is 2. The fourth-order valence-electron chi connectivity index (χ4n) is 2.53. The lowest BCUT2D eigenvalue weighted by Gasteiger charge is -2.16. The quantitative estimate of drug-likeness (QED) is 0.884. The van der Waals surface area contributed by atoms with Crippen molar-refractivity contribution < 1.29 is 9.90 Å². The molecule has 2 aromatic rings. The number of carboxylic acid groups (broad SMARTS) is 1. The lowest BCUT2D eigenvalue weighted by atomic mass is 9.91.